The van der Waals surface area contributed by atoms with Crippen LogP contribution in [0.1, 0.15) is 15.9 Å². The molecule has 0 fully saturated rings. The minimum Gasteiger partial charge on any atom is -0.496 e. The number of nitrogen functional groups attached to an aromatic ring is 1. The number of nitrogens with two attached hydrogens (primary N) is 1. The first kappa shape index (κ1) is 14.2. The molecule has 0 amide bonds. The van der Waals surface area contributed by atoms with Gasteiger partial charge in [0.15, 0.2) is 0 Å². The molecule has 0 radical (unpaired) electrons. The number of halogens is 1. The molecular formula is C15H14ClNO3. The zero-order chi connectivity index (χ0) is 14.5. The Morgan fingerprint density at radius 3 is 2.55 bits per heavy atom. The normalized spacial score (nSPS) is 10.1. The summed E-state index contributed by atoms with van der Waals surface area (Å²) in [5, 5.41) is 0.637. The molecule has 2 aromatic carbocycles. The summed E-state index contributed by atoms with van der Waals surface area (Å²) in [6, 6.07) is 11.9. The first-order valence-electron chi connectivity index (χ1n) is 5.95. The smallest absolute Gasteiger partial charge is 0.342 e. The van der Waals surface area contributed by atoms with E-state index in [1.165, 1.54) is 13.2 Å². The Hall–Kier alpha value is -2.20. The van der Waals surface area contributed by atoms with Crippen LogP contribution in [0.2, 0.25) is 5.02 Å². The molecule has 2 rings (SSSR count). The Bertz CT molecular complexity index is 611. The first-order valence-corrected chi connectivity index (χ1v) is 6.33. The fraction of sp³-hybridized carbons (Fsp3) is 0.133. The highest BCUT2D eigenvalue weighted by atomic mass is 35.5. The number of methoxy groups -OCH3 is 1. The van der Waals surface area contributed by atoms with Crippen molar-refractivity contribution < 1.29 is 14.3 Å². The lowest BCUT2D eigenvalue weighted by Crippen LogP contribution is -2.08. The van der Waals surface area contributed by atoms with Crippen LogP contribution in [0.4, 0.5) is 5.69 Å². The van der Waals surface area contributed by atoms with Crippen LogP contribution < -0.4 is 10.5 Å². The van der Waals surface area contributed by atoms with Gasteiger partial charge in [0, 0.05) is 10.7 Å². The SMILES string of the molecule is COc1ccc(N)cc1C(=O)OCc1ccc(Cl)cc1. The van der Waals surface area contributed by atoms with Crippen molar-refractivity contribution in [3.8, 4) is 5.75 Å². The van der Waals surface area contributed by atoms with E-state index in [1.807, 2.05) is 0 Å². The Morgan fingerprint density at radius 1 is 1.20 bits per heavy atom. The quantitative estimate of drug-likeness (QED) is 0.693. The van der Waals surface area contributed by atoms with E-state index in [9.17, 15) is 4.79 Å². The van der Waals surface area contributed by atoms with E-state index in [-0.39, 0.29) is 6.61 Å². The molecule has 20 heavy (non-hydrogen) atoms. The van der Waals surface area contributed by atoms with Gasteiger partial charge >= 0.3 is 5.97 Å². The molecule has 0 saturated heterocycles. The van der Waals surface area contributed by atoms with Gasteiger partial charge in [-0.3, -0.25) is 0 Å². The van der Waals surface area contributed by atoms with Crippen LogP contribution in [0.15, 0.2) is 42.5 Å². The fourth-order valence-corrected chi connectivity index (χ4v) is 1.82. The second-order valence-electron chi connectivity index (χ2n) is 4.16. The second-order valence-corrected chi connectivity index (χ2v) is 4.60. The highest BCUT2D eigenvalue weighted by molar-refractivity contribution is 6.30. The zero-order valence-electron chi connectivity index (χ0n) is 10.9. The number of ether oxygens (including phenoxy) is 2. The lowest BCUT2D eigenvalue weighted by atomic mass is 10.2. The highest BCUT2D eigenvalue weighted by Crippen LogP contribution is 2.22. The molecule has 0 atom stereocenters. The summed E-state index contributed by atoms with van der Waals surface area (Å²) in [4.78, 5) is 12.0. The third-order valence-corrected chi connectivity index (χ3v) is 2.98. The average Bonchev–Trinajstić information content (AvgIpc) is 2.46. The molecule has 0 aliphatic carbocycles. The van der Waals surface area contributed by atoms with Crippen molar-refractivity contribution in [1.82, 2.24) is 0 Å². The topological polar surface area (TPSA) is 61.5 Å². The largest absolute Gasteiger partial charge is 0.496 e. The summed E-state index contributed by atoms with van der Waals surface area (Å²) >= 11 is 5.79. The molecule has 0 aliphatic rings. The van der Waals surface area contributed by atoms with Crippen LogP contribution in [0.3, 0.4) is 0 Å². The highest BCUT2D eigenvalue weighted by Gasteiger charge is 2.14. The Balaban J connectivity index is 2.08. The molecule has 0 aromatic heterocycles. The van der Waals surface area contributed by atoms with E-state index in [4.69, 9.17) is 26.8 Å². The lowest BCUT2D eigenvalue weighted by Gasteiger charge is -2.09. The molecule has 0 aliphatic heterocycles. The van der Waals surface area contributed by atoms with Crippen molar-refractivity contribution in [2.75, 3.05) is 12.8 Å². The van der Waals surface area contributed by atoms with Gasteiger partial charge in [-0.1, -0.05) is 23.7 Å². The van der Waals surface area contributed by atoms with Crippen molar-refractivity contribution in [2.24, 2.45) is 0 Å². The van der Waals surface area contributed by atoms with Crippen LogP contribution in [-0.4, -0.2) is 13.1 Å². The van der Waals surface area contributed by atoms with Crippen molar-refractivity contribution in [2.45, 2.75) is 6.61 Å². The number of benzene rings is 2. The van der Waals surface area contributed by atoms with Crippen molar-refractivity contribution in [3.05, 3.63) is 58.6 Å². The van der Waals surface area contributed by atoms with Gasteiger partial charge < -0.3 is 15.2 Å². The van der Waals surface area contributed by atoms with E-state index in [1.54, 1.807) is 36.4 Å². The molecule has 2 aromatic rings. The van der Waals surface area contributed by atoms with Crippen LogP contribution in [0.5, 0.6) is 5.75 Å². The predicted octanol–water partition coefficient (Wildman–Crippen LogP) is 3.29. The Morgan fingerprint density at radius 2 is 1.90 bits per heavy atom. The number of anilines is 1. The first-order chi connectivity index (χ1) is 9.60. The monoisotopic (exact) mass is 291 g/mol. The number of hydrogen-bond donors (Lipinski definition) is 1. The predicted molar refractivity (Wildman–Crippen MR) is 78.0 cm³/mol. The lowest BCUT2D eigenvalue weighted by molar-refractivity contribution is 0.0469. The van der Waals surface area contributed by atoms with Gasteiger partial charge in [0.2, 0.25) is 0 Å². The molecule has 2 N–H and O–H groups in total. The van der Waals surface area contributed by atoms with Crippen LogP contribution in [0, 0.1) is 0 Å². The molecule has 5 heteroatoms. The van der Waals surface area contributed by atoms with Gasteiger partial charge in [0.05, 0.1) is 7.11 Å². The van der Waals surface area contributed by atoms with Gasteiger partial charge in [0.25, 0.3) is 0 Å². The van der Waals surface area contributed by atoms with Crippen molar-refractivity contribution >= 4 is 23.3 Å². The van der Waals surface area contributed by atoms with Gasteiger partial charge in [-0.15, -0.1) is 0 Å². The number of hydrogen-bond acceptors (Lipinski definition) is 4. The minimum absolute atomic E-state index is 0.161. The molecule has 104 valence electrons. The van der Waals surface area contributed by atoms with Crippen molar-refractivity contribution in [1.29, 1.82) is 0 Å². The van der Waals surface area contributed by atoms with E-state index in [2.05, 4.69) is 0 Å². The van der Waals surface area contributed by atoms with E-state index < -0.39 is 5.97 Å². The summed E-state index contributed by atoms with van der Waals surface area (Å²) in [7, 11) is 1.49. The number of rotatable bonds is 4. The maximum absolute atomic E-state index is 12.0. The van der Waals surface area contributed by atoms with Gasteiger partial charge in [-0.25, -0.2) is 4.79 Å². The second kappa shape index (κ2) is 6.30. The molecule has 0 spiro atoms. The summed E-state index contributed by atoms with van der Waals surface area (Å²) in [5.74, 6) is -0.0515. The molecule has 0 heterocycles. The van der Waals surface area contributed by atoms with E-state index in [0.717, 1.165) is 5.56 Å². The van der Waals surface area contributed by atoms with Gasteiger partial charge in [-0.05, 0) is 35.9 Å². The molecule has 0 bridgehead atoms. The summed E-state index contributed by atoms with van der Waals surface area (Å²) in [5.41, 5.74) is 7.30. The standard InChI is InChI=1S/C15H14ClNO3/c1-19-14-7-6-12(17)8-13(14)15(18)20-9-10-2-4-11(16)5-3-10/h2-8H,9,17H2,1H3. The Labute approximate surface area is 122 Å². The van der Waals surface area contributed by atoms with E-state index >= 15 is 0 Å². The number of carbonyl (C=O) groups is 1. The summed E-state index contributed by atoms with van der Waals surface area (Å²) in [6.45, 7) is 0.161. The van der Waals surface area contributed by atoms with Crippen LogP contribution in [-0.2, 0) is 11.3 Å². The zero-order valence-corrected chi connectivity index (χ0v) is 11.7. The number of carbonyl (C=O) groups excluding carboxylic acids is 1. The summed E-state index contributed by atoms with van der Waals surface area (Å²) in [6.07, 6.45) is 0. The number of esters is 1. The third-order valence-electron chi connectivity index (χ3n) is 2.73. The molecule has 0 unspecified atom stereocenters. The maximum atomic E-state index is 12.0. The van der Waals surface area contributed by atoms with Crippen LogP contribution >= 0.6 is 11.6 Å². The molecular weight excluding hydrogens is 278 g/mol. The fourth-order valence-electron chi connectivity index (χ4n) is 1.69. The van der Waals surface area contributed by atoms with Crippen LogP contribution in [0.25, 0.3) is 0 Å². The summed E-state index contributed by atoms with van der Waals surface area (Å²) < 4.78 is 10.3. The average molecular weight is 292 g/mol. The maximum Gasteiger partial charge on any atom is 0.342 e. The minimum atomic E-state index is -0.482. The van der Waals surface area contributed by atoms with E-state index in [0.29, 0.717) is 22.0 Å². The van der Waals surface area contributed by atoms with Crippen molar-refractivity contribution in [3.63, 3.8) is 0 Å². The third kappa shape index (κ3) is 3.42. The van der Waals surface area contributed by atoms with Gasteiger partial charge in [-0.2, -0.15) is 0 Å². The van der Waals surface area contributed by atoms with Gasteiger partial charge in [0.1, 0.15) is 17.9 Å². The molecule has 0 saturated carbocycles. The molecule has 4 nitrogen and oxygen atoms in total. The Kier molecular flexibility index (Phi) is 4.48.